The fourth-order valence-electron chi connectivity index (χ4n) is 2.26. The first-order chi connectivity index (χ1) is 13.8. The summed E-state index contributed by atoms with van der Waals surface area (Å²) in [6.45, 7) is 0. The van der Waals surface area contributed by atoms with Gasteiger partial charge in [0.2, 0.25) is 5.88 Å². The zero-order valence-corrected chi connectivity index (χ0v) is 15.6. The lowest BCUT2D eigenvalue weighted by Gasteiger charge is -2.09. The molecule has 0 atom stereocenters. The highest BCUT2D eigenvalue weighted by Crippen LogP contribution is 2.30. The first-order valence-electron chi connectivity index (χ1n) is 8.06. The van der Waals surface area contributed by atoms with Crippen molar-refractivity contribution in [2.45, 2.75) is 6.18 Å². The van der Waals surface area contributed by atoms with Gasteiger partial charge in [0, 0.05) is 17.8 Å². The third-order valence-electron chi connectivity index (χ3n) is 3.70. The summed E-state index contributed by atoms with van der Waals surface area (Å²) in [7, 11) is 1.25. The van der Waals surface area contributed by atoms with Crippen LogP contribution in [0, 0.1) is 0 Å². The van der Waals surface area contributed by atoms with Gasteiger partial charge in [0.1, 0.15) is 10.8 Å². The predicted octanol–water partition coefficient (Wildman–Crippen LogP) is 4.99. The molecular formula is C19H13F3N2O4S. The average Bonchev–Trinajstić information content (AvgIpc) is 3.15. The van der Waals surface area contributed by atoms with E-state index in [1.165, 1.54) is 42.7 Å². The van der Waals surface area contributed by atoms with Gasteiger partial charge in [0.05, 0.1) is 18.2 Å². The molecule has 0 bridgehead atoms. The van der Waals surface area contributed by atoms with Gasteiger partial charge in [-0.3, -0.25) is 4.79 Å². The van der Waals surface area contributed by atoms with Crippen LogP contribution in [0.3, 0.4) is 0 Å². The molecule has 0 aliphatic rings. The fourth-order valence-corrected chi connectivity index (χ4v) is 3.03. The first-order valence-corrected chi connectivity index (χ1v) is 8.94. The van der Waals surface area contributed by atoms with Gasteiger partial charge < -0.3 is 14.8 Å². The molecule has 3 aromatic rings. The number of anilines is 1. The SMILES string of the molecule is COC(=O)c1ccsc1NC(=O)c1ccc(Oc2ccc(C(F)(F)F)cn2)cc1. The minimum atomic E-state index is -4.48. The number of pyridine rings is 1. The maximum absolute atomic E-state index is 12.5. The van der Waals surface area contributed by atoms with Crippen molar-refractivity contribution in [1.29, 1.82) is 0 Å². The number of carbonyl (C=O) groups excluding carboxylic acids is 2. The van der Waals surface area contributed by atoms with Crippen molar-refractivity contribution in [2.75, 3.05) is 12.4 Å². The fraction of sp³-hybridized carbons (Fsp3) is 0.105. The first kappa shape index (κ1) is 20.3. The maximum atomic E-state index is 12.5. The van der Waals surface area contributed by atoms with Gasteiger partial charge in [-0.1, -0.05) is 0 Å². The highest BCUT2D eigenvalue weighted by molar-refractivity contribution is 7.14. The molecule has 0 aliphatic heterocycles. The van der Waals surface area contributed by atoms with E-state index in [1.54, 1.807) is 11.4 Å². The van der Waals surface area contributed by atoms with Gasteiger partial charge in [-0.05, 0) is 41.8 Å². The van der Waals surface area contributed by atoms with Crippen molar-refractivity contribution < 1.29 is 32.2 Å². The van der Waals surface area contributed by atoms with E-state index in [-0.39, 0.29) is 11.4 Å². The zero-order chi connectivity index (χ0) is 21.0. The molecule has 150 valence electrons. The third kappa shape index (κ3) is 4.91. The Labute approximate surface area is 166 Å². The number of methoxy groups -OCH3 is 1. The van der Waals surface area contributed by atoms with E-state index < -0.39 is 23.6 Å². The topological polar surface area (TPSA) is 77.5 Å². The number of amides is 1. The molecule has 0 unspecified atom stereocenters. The number of hydrogen-bond acceptors (Lipinski definition) is 6. The predicted molar refractivity (Wildman–Crippen MR) is 99.4 cm³/mol. The van der Waals surface area contributed by atoms with E-state index >= 15 is 0 Å². The molecule has 1 amide bonds. The van der Waals surface area contributed by atoms with Crippen LogP contribution in [-0.4, -0.2) is 24.0 Å². The standard InChI is InChI=1S/C19H13F3N2O4S/c1-27-18(26)14-8-9-29-17(14)24-16(25)11-2-5-13(6-3-11)28-15-7-4-12(10-23-15)19(20,21)22/h2-10H,1H3,(H,24,25). The van der Waals surface area contributed by atoms with Crippen molar-refractivity contribution in [3.8, 4) is 11.6 Å². The van der Waals surface area contributed by atoms with Gasteiger partial charge in [-0.25, -0.2) is 9.78 Å². The molecule has 2 heterocycles. The highest BCUT2D eigenvalue weighted by atomic mass is 32.1. The summed E-state index contributed by atoms with van der Waals surface area (Å²) < 4.78 is 47.7. The van der Waals surface area contributed by atoms with E-state index in [0.29, 0.717) is 22.5 Å². The molecule has 0 fully saturated rings. The van der Waals surface area contributed by atoms with Crippen molar-refractivity contribution in [1.82, 2.24) is 4.98 Å². The smallest absolute Gasteiger partial charge is 0.417 e. The Morgan fingerprint density at radius 2 is 1.79 bits per heavy atom. The van der Waals surface area contributed by atoms with Crippen LogP contribution in [0.15, 0.2) is 54.0 Å². The van der Waals surface area contributed by atoms with E-state index in [1.807, 2.05) is 0 Å². The van der Waals surface area contributed by atoms with Gasteiger partial charge in [-0.2, -0.15) is 13.2 Å². The molecule has 29 heavy (non-hydrogen) atoms. The summed E-state index contributed by atoms with van der Waals surface area (Å²) in [5, 5.41) is 4.64. The number of hydrogen-bond donors (Lipinski definition) is 1. The van der Waals surface area contributed by atoms with E-state index in [4.69, 9.17) is 4.74 Å². The van der Waals surface area contributed by atoms with E-state index in [0.717, 1.165) is 12.1 Å². The maximum Gasteiger partial charge on any atom is 0.417 e. The van der Waals surface area contributed by atoms with Crippen LogP contribution in [0.2, 0.25) is 0 Å². The lowest BCUT2D eigenvalue weighted by molar-refractivity contribution is -0.137. The number of nitrogens with one attached hydrogen (secondary N) is 1. The number of thiophene rings is 1. The lowest BCUT2D eigenvalue weighted by Crippen LogP contribution is -2.13. The van der Waals surface area contributed by atoms with Crippen LogP contribution in [0.5, 0.6) is 11.6 Å². The quantitative estimate of drug-likeness (QED) is 0.586. The van der Waals surface area contributed by atoms with Crippen LogP contribution < -0.4 is 10.1 Å². The van der Waals surface area contributed by atoms with Crippen LogP contribution in [0.1, 0.15) is 26.3 Å². The molecule has 3 rings (SSSR count). The van der Waals surface area contributed by atoms with Crippen LogP contribution in [0.25, 0.3) is 0 Å². The molecule has 1 aromatic carbocycles. The second-order valence-corrected chi connectivity index (χ2v) is 6.53. The molecular weight excluding hydrogens is 409 g/mol. The number of halogens is 3. The number of aromatic nitrogens is 1. The number of alkyl halides is 3. The Morgan fingerprint density at radius 3 is 2.38 bits per heavy atom. The van der Waals surface area contributed by atoms with Crippen molar-refractivity contribution in [2.24, 2.45) is 0 Å². The van der Waals surface area contributed by atoms with Gasteiger partial charge >= 0.3 is 12.1 Å². The lowest BCUT2D eigenvalue weighted by atomic mass is 10.2. The Morgan fingerprint density at radius 1 is 1.07 bits per heavy atom. The Kier molecular flexibility index (Phi) is 5.83. The number of esters is 1. The van der Waals surface area contributed by atoms with Crippen LogP contribution in [-0.2, 0) is 10.9 Å². The molecule has 0 radical (unpaired) electrons. The minimum Gasteiger partial charge on any atom is -0.465 e. The molecule has 2 aromatic heterocycles. The highest BCUT2D eigenvalue weighted by Gasteiger charge is 2.30. The summed E-state index contributed by atoms with van der Waals surface area (Å²) in [6.07, 6.45) is -3.80. The van der Waals surface area contributed by atoms with Gasteiger partial charge in [0.25, 0.3) is 5.91 Å². The summed E-state index contributed by atoms with van der Waals surface area (Å²) >= 11 is 1.18. The van der Waals surface area contributed by atoms with Crippen molar-refractivity contribution in [3.05, 3.63) is 70.7 Å². The van der Waals surface area contributed by atoms with Crippen LogP contribution >= 0.6 is 11.3 Å². The van der Waals surface area contributed by atoms with Crippen molar-refractivity contribution >= 4 is 28.2 Å². The van der Waals surface area contributed by atoms with Gasteiger partial charge in [0.15, 0.2) is 0 Å². The van der Waals surface area contributed by atoms with E-state index in [9.17, 15) is 22.8 Å². The van der Waals surface area contributed by atoms with E-state index in [2.05, 4.69) is 15.0 Å². The normalized spacial score (nSPS) is 11.0. The number of benzene rings is 1. The summed E-state index contributed by atoms with van der Waals surface area (Å²) in [4.78, 5) is 27.6. The molecule has 0 saturated heterocycles. The Balaban J connectivity index is 1.66. The molecule has 6 nitrogen and oxygen atoms in total. The Bertz CT molecular complexity index is 1020. The molecule has 10 heteroatoms. The molecule has 0 spiro atoms. The number of rotatable bonds is 5. The zero-order valence-electron chi connectivity index (χ0n) is 14.8. The summed E-state index contributed by atoms with van der Waals surface area (Å²) in [5.41, 5.74) is -0.335. The minimum absolute atomic E-state index is 0.0171. The second kappa shape index (κ2) is 8.31. The number of ether oxygens (including phenoxy) is 2. The average molecular weight is 422 g/mol. The summed E-state index contributed by atoms with van der Waals surface area (Å²) in [5.74, 6) is -0.733. The van der Waals surface area contributed by atoms with Crippen molar-refractivity contribution in [3.63, 3.8) is 0 Å². The molecule has 0 saturated carbocycles. The Hall–Kier alpha value is -3.40. The molecule has 1 N–H and O–H groups in total. The second-order valence-electron chi connectivity index (χ2n) is 5.62. The largest absolute Gasteiger partial charge is 0.465 e. The van der Waals surface area contributed by atoms with Crippen LogP contribution in [0.4, 0.5) is 18.2 Å². The number of nitrogens with zero attached hydrogens (tertiary/aromatic N) is 1. The van der Waals surface area contributed by atoms with Gasteiger partial charge in [-0.15, -0.1) is 11.3 Å². The summed E-state index contributed by atoms with van der Waals surface area (Å²) in [6, 6.07) is 9.41. The molecule has 0 aliphatic carbocycles. The number of carbonyl (C=O) groups is 2. The monoisotopic (exact) mass is 422 g/mol. The third-order valence-corrected chi connectivity index (χ3v) is 4.53.